The van der Waals surface area contributed by atoms with Crippen molar-refractivity contribution in [3.63, 3.8) is 0 Å². The van der Waals surface area contributed by atoms with Gasteiger partial charge >= 0.3 is 0 Å². The first-order valence-corrected chi connectivity index (χ1v) is 6.07. The Hall–Kier alpha value is -2.74. The molecule has 2 aromatic rings. The smallest absolute Gasteiger partial charge is 0.161 e. The molecule has 102 valence electrons. The highest BCUT2D eigenvalue weighted by Gasteiger charge is 2.04. The third kappa shape index (κ3) is 3.18. The van der Waals surface area contributed by atoms with Crippen molar-refractivity contribution in [2.24, 2.45) is 0 Å². The first kappa shape index (κ1) is 13.7. The number of nitrogens with one attached hydrogen (secondary N) is 1. The summed E-state index contributed by atoms with van der Waals surface area (Å²) in [4.78, 5) is 3.93. The van der Waals surface area contributed by atoms with Crippen molar-refractivity contribution >= 4 is 5.69 Å². The Morgan fingerprint density at radius 3 is 2.65 bits per heavy atom. The standard InChI is InChI=1S/C15H15N3O2/c1-19-14-4-3-11(7-15(14)20-2)10-18-12-5-6-17-13(8-12)9-16/h3-8H,10H2,1-2H3,(H,17,18). The second-order valence-electron chi connectivity index (χ2n) is 4.08. The van der Waals surface area contributed by atoms with Gasteiger partial charge in [0.05, 0.1) is 14.2 Å². The zero-order valence-electron chi connectivity index (χ0n) is 11.4. The molecule has 20 heavy (non-hydrogen) atoms. The van der Waals surface area contributed by atoms with Crippen LogP contribution in [-0.4, -0.2) is 19.2 Å². The van der Waals surface area contributed by atoms with Crippen molar-refractivity contribution in [1.82, 2.24) is 4.98 Å². The molecule has 0 unspecified atom stereocenters. The summed E-state index contributed by atoms with van der Waals surface area (Å²) in [5.74, 6) is 1.39. The summed E-state index contributed by atoms with van der Waals surface area (Å²) in [6.07, 6.45) is 1.61. The van der Waals surface area contributed by atoms with E-state index in [2.05, 4.69) is 10.3 Å². The molecule has 0 saturated heterocycles. The Labute approximate surface area is 117 Å². The summed E-state index contributed by atoms with van der Waals surface area (Å²) in [5.41, 5.74) is 2.30. The summed E-state index contributed by atoms with van der Waals surface area (Å²) in [6, 6.07) is 11.3. The first-order chi connectivity index (χ1) is 9.76. The van der Waals surface area contributed by atoms with E-state index < -0.39 is 0 Å². The number of methoxy groups -OCH3 is 2. The van der Waals surface area contributed by atoms with Gasteiger partial charge in [0, 0.05) is 18.4 Å². The van der Waals surface area contributed by atoms with E-state index in [1.54, 1.807) is 26.5 Å². The number of ether oxygens (including phenoxy) is 2. The van der Waals surface area contributed by atoms with E-state index in [1.165, 1.54) is 0 Å². The zero-order valence-corrected chi connectivity index (χ0v) is 11.4. The summed E-state index contributed by atoms with van der Waals surface area (Å²) < 4.78 is 10.5. The lowest BCUT2D eigenvalue weighted by atomic mass is 10.2. The first-order valence-electron chi connectivity index (χ1n) is 6.07. The van der Waals surface area contributed by atoms with Crippen LogP contribution < -0.4 is 14.8 Å². The van der Waals surface area contributed by atoms with Crippen LogP contribution in [0.4, 0.5) is 5.69 Å². The van der Waals surface area contributed by atoms with Gasteiger partial charge in [0.1, 0.15) is 11.8 Å². The molecule has 5 nitrogen and oxygen atoms in total. The summed E-state index contributed by atoms with van der Waals surface area (Å²) in [5, 5.41) is 12.0. The molecule has 0 radical (unpaired) electrons. The molecule has 5 heteroatoms. The van der Waals surface area contributed by atoms with Crippen LogP contribution in [0.2, 0.25) is 0 Å². The minimum absolute atomic E-state index is 0.391. The molecular formula is C15H15N3O2. The van der Waals surface area contributed by atoms with Crippen LogP contribution in [0.25, 0.3) is 0 Å². The Morgan fingerprint density at radius 1 is 1.15 bits per heavy atom. The lowest BCUT2D eigenvalue weighted by molar-refractivity contribution is 0.354. The van der Waals surface area contributed by atoms with Crippen LogP contribution >= 0.6 is 0 Å². The maximum atomic E-state index is 8.80. The molecule has 0 aliphatic heterocycles. The number of anilines is 1. The molecule has 0 amide bonds. The third-order valence-corrected chi connectivity index (χ3v) is 2.82. The molecular weight excluding hydrogens is 254 g/mol. The second-order valence-corrected chi connectivity index (χ2v) is 4.08. The molecule has 0 aliphatic carbocycles. The van der Waals surface area contributed by atoms with Crippen molar-refractivity contribution in [1.29, 1.82) is 5.26 Å². The number of nitriles is 1. The largest absolute Gasteiger partial charge is 0.493 e. The van der Waals surface area contributed by atoms with Gasteiger partial charge in [0.2, 0.25) is 0 Å². The van der Waals surface area contributed by atoms with Crippen molar-refractivity contribution in [2.75, 3.05) is 19.5 Å². The molecule has 0 saturated carbocycles. The van der Waals surface area contributed by atoms with Gasteiger partial charge in [-0.05, 0) is 29.8 Å². The van der Waals surface area contributed by atoms with Crippen LogP contribution in [0.15, 0.2) is 36.5 Å². The van der Waals surface area contributed by atoms with Gasteiger partial charge in [-0.15, -0.1) is 0 Å². The Bertz CT molecular complexity index is 635. The van der Waals surface area contributed by atoms with E-state index in [-0.39, 0.29) is 0 Å². The number of aromatic nitrogens is 1. The van der Waals surface area contributed by atoms with Gasteiger partial charge in [-0.2, -0.15) is 5.26 Å². The van der Waals surface area contributed by atoms with Crippen molar-refractivity contribution in [2.45, 2.75) is 6.54 Å². The number of benzene rings is 1. The van der Waals surface area contributed by atoms with E-state index in [0.717, 1.165) is 11.3 Å². The molecule has 2 rings (SSSR count). The Balaban J connectivity index is 2.09. The average molecular weight is 269 g/mol. The number of hydrogen-bond donors (Lipinski definition) is 1. The van der Waals surface area contributed by atoms with E-state index in [4.69, 9.17) is 14.7 Å². The monoisotopic (exact) mass is 269 g/mol. The van der Waals surface area contributed by atoms with Gasteiger partial charge in [0.15, 0.2) is 11.5 Å². The second kappa shape index (κ2) is 6.43. The fourth-order valence-corrected chi connectivity index (χ4v) is 1.80. The molecule has 0 spiro atoms. The number of nitrogens with zero attached hydrogens (tertiary/aromatic N) is 2. The summed E-state index contributed by atoms with van der Waals surface area (Å²) in [7, 11) is 3.22. The summed E-state index contributed by atoms with van der Waals surface area (Å²) >= 11 is 0. The van der Waals surface area contributed by atoms with E-state index >= 15 is 0 Å². The van der Waals surface area contributed by atoms with Crippen LogP contribution in [-0.2, 0) is 6.54 Å². The third-order valence-electron chi connectivity index (χ3n) is 2.82. The SMILES string of the molecule is COc1ccc(CNc2ccnc(C#N)c2)cc1OC. The molecule has 1 N–H and O–H groups in total. The minimum Gasteiger partial charge on any atom is -0.493 e. The maximum absolute atomic E-state index is 8.80. The van der Waals surface area contributed by atoms with E-state index in [1.807, 2.05) is 30.3 Å². The lowest BCUT2D eigenvalue weighted by Crippen LogP contribution is -2.01. The zero-order chi connectivity index (χ0) is 14.4. The van der Waals surface area contributed by atoms with E-state index in [9.17, 15) is 0 Å². The topological polar surface area (TPSA) is 67.2 Å². The quantitative estimate of drug-likeness (QED) is 0.903. The summed E-state index contributed by atoms with van der Waals surface area (Å²) in [6.45, 7) is 0.620. The number of hydrogen-bond acceptors (Lipinski definition) is 5. The normalized spacial score (nSPS) is 9.65. The van der Waals surface area contributed by atoms with Gasteiger partial charge in [-0.1, -0.05) is 6.07 Å². The van der Waals surface area contributed by atoms with Crippen LogP contribution in [0.3, 0.4) is 0 Å². The minimum atomic E-state index is 0.391. The van der Waals surface area contributed by atoms with Gasteiger partial charge < -0.3 is 14.8 Å². The van der Waals surface area contributed by atoms with Crippen LogP contribution in [0, 0.1) is 11.3 Å². The molecule has 0 fully saturated rings. The lowest BCUT2D eigenvalue weighted by Gasteiger charge is -2.11. The Kier molecular flexibility index (Phi) is 4.40. The molecule has 0 bridgehead atoms. The number of rotatable bonds is 5. The van der Waals surface area contributed by atoms with Gasteiger partial charge in [0.25, 0.3) is 0 Å². The predicted molar refractivity (Wildman–Crippen MR) is 75.8 cm³/mol. The van der Waals surface area contributed by atoms with Gasteiger partial charge in [-0.3, -0.25) is 0 Å². The highest BCUT2D eigenvalue weighted by molar-refractivity contribution is 5.48. The molecule has 1 aromatic carbocycles. The maximum Gasteiger partial charge on any atom is 0.161 e. The van der Waals surface area contributed by atoms with E-state index in [0.29, 0.717) is 23.7 Å². The van der Waals surface area contributed by atoms with Gasteiger partial charge in [-0.25, -0.2) is 4.98 Å². The van der Waals surface area contributed by atoms with Crippen molar-refractivity contribution in [3.8, 4) is 17.6 Å². The van der Waals surface area contributed by atoms with Crippen molar-refractivity contribution < 1.29 is 9.47 Å². The van der Waals surface area contributed by atoms with Crippen LogP contribution in [0.5, 0.6) is 11.5 Å². The molecule has 0 aliphatic rings. The Morgan fingerprint density at radius 2 is 1.95 bits per heavy atom. The van der Waals surface area contributed by atoms with Crippen molar-refractivity contribution in [3.05, 3.63) is 47.8 Å². The molecule has 1 aromatic heterocycles. The highest BCUT2D eigenvalue weighted by atomic mass is 16.5. The predicted octanol–water partition coefficient (Wildman–Crippen LogP) is 2.58. The highest BCUT2D eigenvalue weighted by Crippen LogP contribution is 2.27. The fourth-order valence-electron chi connectivity index (χ4n) is 1.80. The number of pyridine rings is 1. The molecule has 1 heterocycles. The average Bonchev–Trinajstić information content (AvgIpc) is 2.52. The fraction of sp³-hybridized carbons (Fsp3) is 0.200. The van der Waals surface area contributed by atoms with Crippen LogP contribution in [0.1, 0.15) is 11.3 Å². The molecule has 0 atom stereocenters.